The number of thioether (sulfide) groups is 1. The van der Waals surface area contributed by atoms with Gasteiger partial charge >= 0.3 is 0 Å². The van der Waals surface area contributed by atoms with Crippen molar-refractivity contribution in [3.05, 3.63) is 94.8 Å². The van der Waals surface area contributed by atoms with E-state index in [2.05, 4.69) is 27.1 Å². The Bertz CT molecular complexity index is 1900. The highest BCUT2D eigenvalue weighted by Gasteiger charge is 2.20. The Morgan fingerprint density at radius 2 is 1.83 bits per heavy atom. The molecule has 0 radical (unpaired) electrons. The van der Waals surface area contributed by atoms with Crippen molar-refractivity contribution in [3.63, 3.8) is 0 Å². The lowest BCUT2D eigenvalue weighted by Gasteiger charge is -2.15. The highest BCUT2D eigenvalue weighted by molar-refractivity contribution is 7.98. The number of pyridine rings is 1. The molecule has 0 aliphatic rings. The second-order valence-electron chi connectivity index (χ2n) is 8.56. The van der Waals surface area contributed by atoms with Crippen LogP contribution >= 0.6 is 11.8 Å². The van der Waals surface area contributed by atoms with Crippen LogP contribution in [0.5, 0.6) is 0 Å². The number of benzene rings is 3. The van der Waals surface area contributed by atoms with E-state index < -0.39 is 5.91 Å². The van der Waals surface area contributed by atoms with Gasteiger partial charge in [-0.05, 0) is 54.6 Å². The lowest BCUT2D eigenvalue weighted by Crippen LogP contribution is -2.19. The van der Waals surface area contributed by atoms with Crippen molar-refractivity contribution in [2.24, 2.45) is 5.73 Å². The molecule has 0 atom stereocenters. The number of nitrogens with two attached hydrogens (primary N) is 1. The number of amides is 1. The SMILES string of the molecule is CSc1ccc2c(c1)[nH]c1c(C(N)=O)ncc(-c3cccc(-n4cnc5ccccc5c4=O)c3C)c12. The average molecular weight is 492 g/mol. The second-order valence-corrected chi connectivity index (χ2v) is 9.44. The predicted octanol–water partition coefficient (Wildman–Crippen LogP) is 5.21. The summed E-state index contributed by atoms with van der Waals surface area (Å²) in [5.41, 5.74) is 11.2. The Labute approximate surface area is 210 Å². The largest absolute Gasteiger partial charge is 0.364 e. The van der Waals surface area contributed by atoms with Crippen LogP contribution in [0.25, 0.3) is 49.5 Å². The minimum atomic E-state index is -0.595. The van der Waals surface area contributed by atoms with Crippen molar-refractivity contribution in [1.82, 2.24) is 19.5 Å². The van der Waals surface area contributed by atoms with Gasteiger partial charge in [0.05, 0.1) is 22.1 Å². The summed E-state index contributed by atoms with van der Waals surface area (Å²) in [7, 11) is 0. The van der Waals surface area contributed by atoms with E-state index in [1.54, 1.807) is 34.9 Å². The zero-order valence-electron chi connectivity index (χ0n) is 19.6. The number of H-pyrrole nitrogens is 1. The summed E-state index contributed by atoms with van der Waals surface area (Å²) in [5, 5.41) is 2.39. The molecule has 3 aromatic heterocycles. The first-order valence-electron chi connectivity index (χ1n) is 11.3. The van der Waals surface area contributed by atoms with Crippen molar-refractivity contribution >= 4 is 50.4 Å². The number of carbonyl (C=O) groups excluding carboxylic acids is 1. The molecule has 0 aliphatic carbocycles. The number of rotatable bonds is 4. The molecular weight excluding hydrogens is 470 g/mol. The van der Waals surface area contributed by atoms with Crippen molar-refractivity contribution < 1.29 is 4.79 Å². The third-order valence-electron chi connectivity index (χ3n) is 6.59. The summed E-state index contributed by atoms with van der Waals surface area (Å²) in [6.07, 6.45) is 5.27. The molecule has 3 heterocycles. The van der Waals surface area contributed by atoms with Gasteiger partial charge < -0.3 is 10.7 Å². The summed E-state index contributed by atoms with van der Waals surface area (Å²) in [6, 6.07) is 19.3. The Balaban J connectivity index is 1.64. The van der Waals surface area contributed by atoms with Gasteiger partial charge in [0, 0.05) is 32.9 Å². The molecule has 0 spiro atoms. The molecule has 0 saturated carbocycles. The zero-order valence-corrected chi connectivity index (χ0v) is 20.4. The van der Waals surface area contributed by atoms with Crippen LogP contribution in [0, 0.1) is 6.92 Å². The summed E-state index contributed by atoms with van der Waals surface area (Å²) in [5.74, 6) is -0.595. The number of fused-ring (bicyclic) bond motifs is 4. The number of primary amides is 1. The predicted molar refractivity (Wildman–Crippen MR) is 145 cm³/mol. The van der Waals surface area contributed by atoms with Crippen LogP contribution in [-0.4, -0.2) is 31.7 Å². The molecule has 7 nitrogen and oxygen atoms in total. The summed E-state index contributed by atoms with van der Waals surface area (Å²) < 4.78 is 1.57. The first-order valence-corrected chi connectivity index (χ1v) is 12.6. The fraction of sp³-hybridized carbons (Fsp3) is 0.0714. The fourth-order valence-electron chi connectivity index (χ4n) is 4.83. The van der Waals surface area contributed by atoms with Crippen molar-refractivity contribution in [2.75, 3.05) is 6.26 Å². The van der Waals surface area contributed by atoms with Gasteiger partial charge in [0.2, 0.25) is 0 Å². The van der Waals surface area contributed by atoms with Crippen LogP contribution < -0.4 is 11.3 Å². The lowest BCUT2D eigenvalue weighted by atomic mass is 9.96. The molecule has 1 amide bonds. The average Bonchev–Trinajstić information content (AvgIpc) is 3.28. The molecule has 0 saturated heterocycles. The highest BCUT2D eigenvalue weighted by atomic mass is 32.2. The molecule has 6 aromatic rings. The first kappa shape index (κ1) is 22.1. The zero-order chi connectivity index (χ0) is 25.0. The molecule has 3 aromatic carbocycles. The number of aromatic nitrogens is 4. The van der Waals surface area contributed by atoms with Gasteiger partial charge in [-0.3, -0.25) is 14.2 Å². The summed E-state index contributed by atoms with van der Waals surface area (Å²) >= 11 is 1.64. The topological polar surface area (TPSA) is 107 Å². The van der Waals surface area contributed by atoms with Crippen LogP contribution in [0.15, 0.2) is 82.9 Å². The number of hydrogen-bond acceptors (Lipinski definition) is 5. The molecular formula is C28H21N5O2S. The van der Waals surface area contributed by atoms with E-state index in [0.29, 0.717) is 16.4 Å². The standard InChI is InChI=1S/C28H21N5O2S/c1-15-17(7-5-9-23(15)33-14-31-21-8-4-3-6-19(21)28(33)35)20-13-30-26(27(29)34)25-24(20)18-11-10-16(36-2)12-22(18)32-25/h3-14,32H,1-2H3,(H2,29,34). The lowest BCUT2D eigenvalue weighted by molar-refractivity contribution is 0.0997. The van der Waals surface area contributed by atoms with Crippen LogP contribution in [0.1, 0.15) is 16.1 Å². The van der Waals surface area contributed by atoms with Gasteiger partial charge in [-0.2, -0.15) is 0 Å². The van der Waals surface area contributed by atoms with Crippen molar-refractivity contribution in [3.8, 4) is 16.8 Å². The molecule has 8 heteroatoms. The molecule has 3 N–H and O–H groups in total. The van der Waals surface area contributed by atoms with E-state index in [-0.39, 0.29) is 11.3 Å². The normalized spacial score (nSPS) is 11.5. The van der Waals surface area contributed by atoms with Gasteiger partial charge in [0.1, 0.15) is 6.33 Å². The maximum Gasteiger partial charge on any atom is 0.269 e. The maximum atomic E-state index is 13.3. The minimum Gasteiger partial charge on any atom is -0.364 e. The quantitative estimate of drug-likeness (QED) is 0.329. The van der Waals surface area contributed by atoms with E-state index in [1.807, 2.05) is 55.6 Å². The van der Waals surface area contributed by atoms with Crippen LogP contribution in [0.2, 0.25) is 0 Å². The molecule has 0 unspecified atom stereocenters. The van der Waals surface area contributed by atoms with Crippen molar-refractivity contribution in [1.29, 1.82) is 0 Å². The molecule has 0 aliphatic heterocycles. The van der Waals surface area contributed by atoms with Gasteiger partial charge in [0.15, 0.2) is 5.69 Å². The molecule has 6 rings (SSSR count). The number of para-hydroxylation sites is 1. The molecule has 0 bridgehead atoms. The van der Waals surface area contributed by atoms with E-state index in [9.17, 15) is 9.59 Å². The monoisotopic (exact) mass is 491 g/mol. The number of nitrogens with zero attached hydrogens (tertiary/aromatic N) is 3. The molecule has 0 fully saturated rings. The number of nitrogens with one attached hydrogen (secondary N) is 1. The highest BCUT2D eigenvalue weighted by Crippen LogP contribution is 2.38. The van der Waals surface area contributed by atoms with Crippen LogP contribution in [-0.2, 0) is 0 Å². The second kappa shape index (κ2) is 8.35. The Hall–Kier alpha value is -4.43. The Morgan fingerprint density at radius 1 is 1.00 bits per heavy atom. The molecule has 36 heavy (non-hydrogen) atoms. The minimum absolute atomic E-state index is 0.134. The van der Waals surface area contributed by atoms with Crippen LogP contribution in [0.4, 0.5) is 0 Å². The van der Waals surface area contributed by atoms with Gasteiger partial charge in [0.25, 0.3) is 11.5 Å². The van der Waals surface area contributed by atoms with E-state index in [1.165, 1.54) is 0 Å². The van der Waals surface area contributed by atoms with E-state index >= 15 is 0 Å². The van der Waals surface area contributed by atoms with Crippen LogP contribution in [0.3, 0.4) is 0 Å². The number of hydrogen-bond donors (Lipinski definition) is 2. The smallest absolute Gasteiger partial charge is 0.269 e. The summed E-state index contributed by atoms with van der Waals surface area (Å²) in [6.45, 7) is 1.97. The molecule has 176 valence electrons. The van der Waals surface area contributed by atoms with Crippen molar-refractivity contribution in [2.45, 2.75) is 11.8 Å². The van der Waals surface area contributed by atoms with Gasteiger partial charge in [-0.25, -0.2) is 9.97 Å². The number of aromatic amines is 1. The third-order valence-corrected chi connectivity index (χ3v) is 7.31. The van der Waals surface area contributed by atoms with Gasteiger partial charge in [-0.1, -0.05) is 30.3 Å². The Morgan fingerprint density at radius 3 is 2.64 bits per heavy atom. The first-order chi connectivity index (χ1) is 17.5. The van der Waals surface area contributed by atoms with E-state index in [4.69, 9.17) is 5.73 Å². The summed E-state index contributed by atoms with van der Waals surface area (Å²) in [4.78, 5) is 38.9. The number of carbonyl (C=O) groups is 1. The van der Waals surface area contributed by atoms with E-state index in [0.717, 1.165) is 43.6 Å². The fourth-order valence-corrected chi connectivity index (χ4v) is 5.27. The Kier molecular flexibility index (Phi) is 5.12. The maximum absolute atomic E-state index is 13.3. The third kappa shape index (κ3) is 3.30. The van der Waals surface area contributed by atoms with Gasteiger partial charge in [-0.15, -0.1) is 11.8 Å².